The highest BCUT2D eigenvalue weighted by atomic mass is 32.2. The van der Waals surface area contributed by atoms with Crippen LogP contribution < -0.4 is 10.6 Å². The predicted octanol–water partition coefficient (Wildman–Crippen LogP) is 4.86. The maximum Gasteiger partial charge on any atom is 0.234 e. The number of allylic oxidation sites excluding steroid dienone is 3. The molecule has 0 saturated heterocycles. The number of carbonyl (C=O) groups is 2. The molecule has 2 heterocycles. The summed E-state index contributed by atoms with van der Waals surface area (Å²) < 4.78 is 0. The molecule has 1 amide bonds. The van der Waals surface area contributed by atoms with Gasteiger partial charge in [0.1, 0.15) is 0 Å². The van der Waals surface area contributed by atoms with E-state index in [1.54, 1.807) is 11.3 Å². The van der Waals surface area contributed by atoms with Crippen molar-refractivity contribution in [2.24, 2.45) is 0 Å². The number of Topliss-reactive ketones (excluding diaryl/α,β-unsaturated/α-hetero) is 1. The second-order valence-electron chi connectivity index (χ2n) is 7.25. The van der Waals surface area contributed by atoms with Crippen LogP contribution in [0.4, 0.5) is 5.69 Å². The number of benzene rings is 1. The second-order valence-corrected chi connectivity index (χ2v) is 9.21. The molecule has 0 unspecified atom stereocenters. The lowest BCUT2D eigenvalue weighted by molar-refractivity contribution is -0.116. The van der Waals surface area contributed by atoms with Gasteiger partial charge in [-0.15, -0.1) is 11.3 Å². The molecule has 1 atom stereocenters. The first kappa shape index (κ1) is 20.5. The van der Waals surface area contributed by atoms with E-state index in [9.17, 15) is 14.9 Å². The number of rotatable bonds is 5. The van der Waals surface area contributed by atoms with E-state index in [4.69, 9.17) is 0 Å². The molecule has 4 rings (SSSR count). The number of ketones is 1. The summed E-state index contributed by atoms with van der Waals surface area (Å²) in [6, 6.07) is 13.8. The van der Waals surface area contributed by atoms with Crippen molar-refractivity contribution in [1.82, 2.24) is 5.32 Å². The van der Waals surface area contributed by atoms with E-state index in [0.29, 0.717) is 22.6 Å². The SMILES string of the molecule is Cc1ccccc1NC(=O)CSC1=C(C#N)[C@H](c2cccs2)C2=C(CCCC2=O)N1. The molecule has 0 radical (unpaired) electrons. The molecule has 0 bridgehead atoms. The molecular formula is C23H21N3O2S2. The van der Waals surface area contributed by atoms with E-state index in [1.807, 2.05) is 48.7 Å². The number of nitrogens with zero attached hydrogens (tertiary/aromatic N) is 1. The van der Waals surface area contributed by atoms with Crippen LogP contribution in [0.2, 0.25) is 0 Å². The van der Waals surface area contributed by atoms with Gasteiger partial charge in [-0.1, -0.05) is 36.0 Å². The lowest BCUT2D eigenvalue weighted by Crippen LogP contribution is -2.31. The van der Waals surface area contributed by atoms with Gasteiger partial charge in [0.2, 0.25) is 5.91 Å². The lowest BCUT2D eigenvalue weighted by Gasteiger charge is -2.32. The highest BCUT2D eigenvalue weighted by molar-refractivity contribution is 8.03. The Bertz CT molecular complexity index is 1090. The molecule has 0 fully saturated rings. The van der Waals surface area contributed by atoms with Gasteiger partial charge in [0.05, 0.1) is 28.3 Å². The zero-order chi connectivity index (χ0) is 21.1. The number of hydrogen-bond donors (Lipinski definition) is 2. The summed E-state index contributed by atoms with van der Waals surface area (Å²) in [5, 5.41) is 18.8. The Hall–Kier alpha value is -2.82. The van der Waals surface area contributed by atoms with Crippen LogP contribution in [0.3, 0.4) is 0 Å². The Morgan fingerprint density at radius 1 is 1.30 bits per heavy atom. The first-order valence-electron chi connectivity index (χ1n) is 9.77. The quantitative estimate of drug-likeness (QED) is 0.701. The number of thioether (sulfide) groups is 1. The molecule has 0 spiro atoms. The third-order valence-electron chi connectivity index (χ3n) is 5.26. The van der Waals surface area contributed by atoms with E-state index >= 15 is 0 Å². The van der Waals surface area contributed by atoms with Crippen molar-refractivity contribution >= 4 is 40.5 Å². The number of carbonyl (C=O) groups excluding carboxylic acids is 2. The van der Waals surface area contributed by atoms with Gasteiger partial charge in [-0.2, -0.15) is 5.26 Å². The fourth-order valence-electron chi connectivity index (χ4n) is 3.81. The zero-order valence-electron chi connectivity index (χ0n) is 16.5. The van der Waals surface area contributed by atoms with Gasteiger partial charge in [-0.05, 0) is 42.8 Å². The Kier molecular flexibility index (Phi) is 6.07. The summed E-state index contributed by atoms with van der Waals surface area (Å²) in [5.41, 5.74) is 3.91. The van der Waals surface area contributed by atoms with Crippen molar-refractivity contribution in [3.63, 3.8) is 0 Å². The molecule has 7 heteroatoms. The van der Waals surface area contributed by atoms with E-state index in [0.717, 1.165) is 34.7 Å². The number of anilines is 1. The van der Waals surface area contributed by atoms with Gasteiger partial charge < -0.3 is 10.6 Å². The number of dihydropyridines is 1. The van der Waals surface area contributed by atoms with Gasteiger partial charge in [-0.3, -0.25) is 9.59 Å². The van der Waals surface area contributed by atoms with Crippen molar-refractivity contribution < 1.29 is 9.59 Å². The molecule has 30 heavy (non-hydrogen) atoms. The van der Waals surface area contributed by atoms with E-state index in [2.05, 4.69) is 16.7 Å². The number of amides is 1. The molecule has 1 aromatic heterocycles. The third kappa shape index (κ3) is 4.07. The summed E-state index contributed by atoms with van der Waals surface area (Å²) in [7, 11) is 0. The Labute approximate surface area is 183 Å². The molecule has 152 valence electrons. The molecule has 1 aliphatic carbocycles. The molecule has 2 aromatic rings. The van der Waals surface area contributed by atoms with E-state index in [-0.39, 0.29) is 23.4 Å². The number of thiophene rings is 1. The highest BCUT2D eigenvalue weighted by Gasteiger charge is 2.37. The topological polar surface area (TPSA) is 82.0 Å². The summed E-state index contributed by atoms with van der Waals surface area (Å²) in [4.78, 5) is 26.2. The van der Waals surface area contributed by atoms with Gasteiger partial charge >= 0.3 is 0 Å². The third-order valence-corrected chi connectivity index (χ3v) is 7.21. The number of nitriles is 1. The summed E-state index contributed by atoms with van der Waals surface area (Å²) in [5.74, 6) is -0.194. The number of para-hydroxylation sites is 1. The van der Waals surface area contributed by atoms with Crippen LogP contribution >= 0.6 is 23.1 Å². The lowest BCUT2D eigenvalue weighted by atomic mass is 9.79. The van der Waals surface area contributed by atoms with Crippen LogP contribution in [-0.4, -0.2) is 17.4 Å². The predicted molar refractivity (Wildman–Crippen MR) is 121 cm³/mol. The van der Waals surface area contributed by atoms with Gasteiger partial charge in [0, 0.05) is 28.3 Å². The summed E-state index contributed by atoms with van der Waals surface area (Å²) >= 11 is 2.86. The fraction of sp³-hybridized carbons (Fsp3) is 0.261. The average molecular weight is 436 g/mol. The molecule has 5 nitrogen and oxygen atoms in total. The smallest absolute Gasteiger partial charge is 0.234 e. The molecule has 2 aliphatic rings. The highest BCUT2D eigenvalue weighted by Crippen LogP contribution is 2.45. The van der Waals surface area contributed by atoms with Crippen LogP contribution in [0.15, 0.2) is 63.7 Å². The Morgan fingerprint density at radius 2 is 2.13 bits per heavy atom. The van der Waals surface area contributed by atoms with Crippen LogP contribution in [0.5, 0.6) is 0 Å². The van der Waals surface area contributed by atoms with Gasteiger partial charge in [0.25, 0.3) is 0 Å². The van der Waals surface area contributed by atoms with Crippen molar-refractivity contribution in [2.45, 2.75) is 32.1 Å². The molecule has 1 aromatic carbocycles. The maximum atomic E-state index is 12.7. The minimum atomic E-state index is -0.346. The molecule has 2 N–H and O–H groups in total. The number of aryl methyl sites for hydroxylation is 1. The first-order valence-corrected chi connectivity index (χ1v) is 11.6. The molecular weight excluding hydrogens is 414 g/mol. The van der Waals surface area contributed by atoms with Crippen molar-refractivity contribution in [3.8, 4) is 6.07 Å². The monoisotopic (exact) mass is 435 g/mol. The largest absolute Gasteiger partial charge is 0.352 e. The second kappa shape index (κ2) is 8.90. The van der Waals surface area contributed by atoms with Crippen molar-refractivity contribution in [2.75, 3.05) is 11.1 Å². The average Bonchev–Trinajstić information content (AvgIpc) is 3.27. The molecule has 1 aliphatic heterocycles. The van der Waals surface area contributed by atoms with Crippen LogP contribution in [0.25, 0.3) is 0 Å². The first-order chi connectivity index (χ1) is 14.6. The zero-order valence-corrected chi connectivity index (χ0v) is 18.2. The van der Waals surface area contributed by atoms with Crippen LogP contribution in [0.1, 0.15) is 35.6 Å². The van der Waals surface area contributed by atoms with E-state index in [1.165, 1.54) is 11.8 Å². The standard InChI is InChI=1S/C23H21N3O2S2/c1-14-6-2-3-7-16(14)25-20(28)13-30-23-15(12-24)21(19-10-5-11-29-19)22-17(26-23)8-4-9-18(22)27/h2-3,5-7,10-11,21,26H,4,8-9,13H2,1H3,(H,25,28)/t21-/m1/s1. The van der Waals surface area contributed by atoms with Gasteiger partial charge in [0.15, 0.2) is 5.78 Å². The Balaban J connectivity index is 1.58. The summed E-state index contributed by atoms with van der Waals surface area (Å²) in [6.45, 7) is 1.95. The molecule has 0 saturated carbocycles. The maximum absolute atomic E-state index is 12.7. The minimum Gasteiger partial charge on any atom is -0.352 e. The Morgan fingerprint density at radius 3 is 2.87 bits per heavy atom. The van der Waals surface area contributed by atoms with E-state index < -0.39 is 0 Å². The van der Waals surface area contributed by atoms with Crippen LogP contribution in [-0.2, 0) is 9.59 Å². The normalized spacial score (nSPS) is 18.5. The number of hydrogen-bond acceptors (Lipinski definition) is 6. The van der Waals surface area contributed by atoms with Crippen molar-refractivity contribution in [1.29, 1.82) is 5.26 Å². The van der Waals surface area contributed by atoms with Crippen LogP contribution in [0, 0.1) is 18.3 Å². The number of nitrogens with one attached hydrogen (secondary N) is 2. The van der Waals surface area contributed by atoms with Gasteiger partial charge in [-0.25, -0.2) is 0 Å². The minimum absolute atomic E-state index is 0.108. The van der Waals surface area contributed by atoms with Crippen molar-refractivity contribution in [3.05, 3.63) is 74.1 Å². The summed E-state index contributed by atoms with van der Waals surface area (Å²) in [6.07, 6.45) is 2.10. The fourth-order valence-corrected chi connectivity index (χ4v) is 5.52.